The number of carbonyl (C=O) groups is 3. The molecule has 0 heterocycles. The maximum Gasteiger partial charge on any atom is 0.315 e. The molecule has 0 aromatic carbocycles. The molecule has 0 aliphatic heterocycles. The number of carboxylic acid groups (broad SMARTS) is 1. The third-order valence-electron chi connectivity index (χ3n) is 2.60. The number of amides is 3. The predicted molar refractivity (Wildman–Crippen MR) is 70.8 cm³/mol. The van der Waals surface area contributed by atoms with Gasteiger partial charge in [-0.1, -0.05) is 0 Å². The third-order valence-corrected chi connectivity index (χ3v) is 2.60. The lowest BCUT2D eigenvalue weighted by Gasteiger charge is -2.18. The van der Waals surface area contributed by atoms with E-state index >= 15 is 0 Å². The van der Waals surface area contributed by atoms with Crippen molar-refractivity contribution in [2.24, 2.45) is 0 Å². The number of hydrogen-bond acceptors (Lipinski definition) is 3. The highest BCUT2D eigenvalue weighted by Gasteiger charge is 2.12. The third kappa shape index (κ3) is 8.01. The maximum atomic E-state index is 11.6. The molecule has 0 aromatic rings. The van der Waals surface area contributed by atoms with Gasteiger partial charge in [0.15, 0.2) is 0 Å². The summed E-state index contributed by atoms with van der Waals surface area (Å²) in [7, 11) is 0. The lowest BCUT2D eigenvalue weighted by Crippen LogP contribution is -2.43. The molecule has 7 heteroatoms. The van der Waals surface area contributed by atoms with Gasteiger partial charge in [-0.3, -0.25) is 9.59 Å². The molecule has 110 valence electrons. The number of carbonyl (C=O) groups excluding carboxylic acids is 2. The first-order valence-corrected chi connectivity index (χ1v) is 6.44. The molecule has 3 amide bonds. The molecule has 3 N–H and O–H groups in total. The summed E-state index contributed by atoms with van der Waals surface area (Å²) in [6.45, 7) is 6.94. The smallest absolute Gasteiger partial charge is 0.315 e. The van der Waals surface area contributed by atoms with E-state index in [1.54, 1.807) is 11.8 Å². The number of hydrogen-bond donors (Lipinski definition) is 3. The number of rotatable bonds is 8. The van der Waals surface area contributed by atoms with E-state index in [9.17, 15) is 14.4 Å². The highest BCUT2D eigenvalue weighted by molar-refractivity contribution is 5.78. The van der Waals surface area contributed by atoms with E-state index in [0.717, 1.165) is 0 Å². The van der Waals surface area contributed by atoms with E-state index in [4.69, 9.17) is 5.11 Å². The van der Waals surface area contributed by atoms with Crippen LogP contribution in [0.2, 0.25) is 0 Å². The van der Waals surface area contributed by atoms with Gasteiger partial charge < -0.3 is 20.6 Å². The zero-order valence-electron chi connectivity index (χ0n) is 11.7. The van der Waals surface area contributed by atoms with Crippen molar-refractivity contribution in [1.82, 2.24) is 15.5 Å². The number of carboxylic acids is 1. The van der Waals surface area contributed by atoms with E-state index in [1.807, 2.05) is 13.8 Å². The summed E-state index contributed by atoms with van der Waals surface area (Å²) in [6.07, 6.45) is 0.105. The van der Waals surface area contributed by atoms with Crippen molar-refractivity contribution in [2.75, 3.05) is 19.6 Å². The summed E-state index contributed by atoms with van der Waals surface area (Å²) in [5.74, 6) is -0.978. The largest absolute Gasteiger partial charge is 0.481 e. The Hall–Kier alpha value is -1.79. The first-order chi connectivity index (χ1) is 8.90. The van der Waals surface area contributed by atoms with Crippen molar-refractivity contribution in [3.63, 3.8) is 0 Å². The standard InChI is InChI=1S/C12H23N3O4/c1-4-15(5-2)10(16)6-7-13-12(19)14-9(3)8-11(17)18/h9H,4-8H2,1-3H3,(H,17,18)(H2,13,14,19). The molecule has 0 aliphatic rings. The number of nitrogens with zero attached hydrogens (tertiary/aromatic N) is 1. The molecule has 0 radical (unpaired) electrons. The predicted octanol–water partition coefficient (Wildman–Crippen LogP) is 0.407. The monoisotopic (exact) mass is 273 g/mol. The maximum absolute atomic E-state index is 11.6. The Kier molecular flexibility index (Phi) is 8.32. The molecule has 1 atom stereocenters. The van der Waals surface area contributed by atoms with Gasteiger partial charge in [-0.05, 0) is 20.8 Å². The van der Waals surface area contributed by atoms with Crippen LogP contribution < -0.4 is 10.6 Å². The summed E-state index contributed by atoms with van der Waals surface area (Å²) in [5.41, 5.74) is 0. The highest BCUT2D eigenvalue weighted by Crippen LogP contribution is 1.93. The van der Waals surface area contributed by atoms with Crippen LogP contribution in [-0.4, -0.2) is 53.6 Å². The second kappa shape index (κ2) is 9.18. The summed E-state index contributed by atoms with van der Waals surface area (Å²) in [5, 5.41) is 13.6. The molecule has 0 saturated heterocycles. The second-order valence-electron chi connectivity index (χ2n) is 4.22. The van der Waals surface area contributed by atoms with Crippen molar-refractivity contribution in [1.29, 1.82) is 0 Å². The van der Waals surface area contributed by atoms with E-state index in [2.05, 4.69) is 10.6 Å². The lowest BCUT2D eigenvalue weighted by molar-refractivity contribution is -0.137. The SMILES string of the molecule is CCN(CC)C(=O)CCNC(=O)NC(C)CC(=O)O. The van der Waals surface area contributed by atoms with E-state index < -0.39 is 18.0 Å². The van der Waals surface area contributed by atoms with Gasteiger partial charge in [0.05, 0.1) is 6.42 Å². The van der Waals surface area contributed by atoms with E-state index in [0.29, 0.717) is 13.1 Å². The van der Waals surface area contributed by atoms with Crippen LogP contribution >= 0.6 is 0 Å². The van der Waals surface area contributed by atoms with Crippen LogP contribution in [0.1, 0.15) is 33.6 Å². The van der Waals surface area contributed by atoms with Crippen LogP contribution in [0.4, 0.5) is 4.79 Å². The van der Waals surface area contributed by atoms with Gasteiger partial charge in [0.1, 0.15) is 0 Å². The molecule has 7 nitrogen and oxygen atoms in total. The zero-order valence-corrected chi connectivity index (χ0v) is 11.7. The normalized spacial score (nSPS) is 11.5. The van der Waals surface area contributed by atoms with Gasteiger partial charge in [-0.25, -0.2) is 4.79 Å². The molecule has 1 unspecified atom stereocenters. The molecular formula is C12H23N3O4. The fourth-order valence-corrected chi connectivity index (χ4v) is 1.61. The Morgan fingerprint density at radius 1 is 1.21 bits per heavy atom. The first kappa shape index (κ1) is 17.2. The van der Waals surface area contributed by atoms with Crippen molar-refractivity contribution < 1.29 is 19.5 Å². The quantitative estimate of drug-likeness (QED) is 0.596. The summed E-state index contributed by atoms with van der Waals surface area (Å²) in [6, 6.07) is -0.905. The summed E-state index contributed by atoms with van der Waals surface area (Å²) < 4.78 is 0. The Morgan fingerprint density at radius 2 is 1.79 bits per heavy atom. The van der Waals surface area contributed by atoms with Crippen molar-refractivity contribution in [2.45, 2.75) is 39.7 Å². The Balaban J connectivity index is 3.85. The van der Waals surface area contributed by atoms with Gasteiger partial charge in [-0.15, -0.1) is 0 Å². The van der Waals surface area contributed by atoms with Crippen molar-refractivity contribution in [3.8, 4) is 0 Å². The minimum Gasteiger partial charge on any atom is -0.481 e. The average Bonchev–Trinajstić information content (AvgIpc) is 2.29. The number of nitrogens with one attached hydrogen (secondary N) is 2. The fraction of sp³-hybridized carbons (Fsp3) is 0.750. The molecule has 0 fully saturated rings. The molecule has 0 aliphatic carbocycles. The minimum atomic E-state index is -0.968. The lowest BCUT2D eigenvalue weighted by atomic mass is 10.2. The van der Waals surface area contributed by atoms with Crippen LogP contribution in [0, 0.1) is 0 Å². The summed E-state index contributed by atoms with van der Waals surface area (Å²) >= 11 is 0. The molecule has 0 spiro atoms. The highest BCUT2D eigenvalue weighted by atomic mass is 16.4. The van der Waals surface area contributed by atoms with E-state index in [1.165, 1.54) is 0 Å². The Bertz CT molecular complexity index is 316. The van der Waals surface area contributed by atoms with E-state index in [-0.39, 0.29) is 25.3 Å². The number of urea groups is 1. The van der Waals surface area contributed by atoms with Crippen molar-refractivity contribution >= 4 is 17.9 Å². The Morgan fingerprint density at radius 3 is 2.26 bits per heavy atom. The molecule has 19 heavy (non-hydrogen) atoms. The molecule has 0 rings (SSSR count). The van der Waals surface area contributed by atoms with Gasteiger partial charge in [0, 0.05) is 32.1 Å². The fourth-order valence-electron chi connectivity index (χ4n) is 1.61. The molecule has 0 saturated carbocycles. The van der Waals surface area contributed by atoms with Gasteiger partial charge >= 0.3 is 12.0 Å². The minimum absolute atomic E-state index is 0.0103. The Labute approximate surface area is 113 Å². The van der Waals surface area contributed by atoms with Crippen LogP contribution in [0.3, 0.4) is 0 Å². The van der Waals surface area contributed by atoms with Gasteiger partial charge in [0.25, 0.3) is 0 Å². The molecule has 0 aromatic heterocycles. The second-order valence-corrected chi connectivity index (χ2v) is 4.22. The van der Waals surface area contributed by atoms with Gasteiger partial charge in [0.2, 0.25) is 5.91 Å². The topological polar surface area (TPSA) is 98.7 Å². The molecule has 0 bridgehead atoms. The first-order valence-electron chi connectivity index (χ1n) is 6.44. The van der Waals surface area contributed by atoms with Crippen LogP contribution in [0.15, 0.2) is 0 Å². The van der Waals surface area contributed by atoms with Gasteiger partial charge in [-0.2, -0.15) is 0 Å². The summed E-state index contributed by atoms with van der Waals surface area (Å²) in [4.78, 5) is 35.1. The molecular weight excluding hydrogens is 250 g/mol. The van der Waals surface area contributed by atoms with Crippen LogP contribution in [-0.2, 0) is 9.59 Å². The van der Waals surface area contributed by atoms with Crippen molar-refractivity contribution in [3.05, 3.63) is 0 Å². The van der Waals surface area contributed by atoms with Crippen LogP contribution in [0.5, 0.6) is 0 Å². The van der Waals surface area contributed by atoms with Crippen LogP contribution in [0.25, 0.3) is 0 Å². The zero-order chi connectivity index (χ0) is 14.8. The number of aliphatic carboxylic acids is 1. The average molecular weight is 273 g/mol.